The Bertz CT molecular complexity index is 403. The molecule has 0 saturated heterocycles. The molecule has 0 aromatic carbocycles. The summed E-state index contributed by atoms with van der Waals surface area (Å²) in [7, 11) is 0. The van der Waals surface area contributed by atoms with Crippen LogP contribution in [0.1, 0.15) is 19.3 Å². The number of aromatic nitrogens is 2. The first-order valence-corrected chi connectivity index (χ1v) is 6.07. The van der Waals surface area contributed by atoms with Crippen molar-refractivity contribution in [2.75, 3.05) is 5.32 Å². The summed E-state index contributed by atoms with van der Waals surface area (Å²) in [5.41, 5.74) is 0. The second-order valence-corrected chi connectivity index (χ2v) is 5.38. The summed E-state index contributed by atoms with van der Waals surface area (Å²) in [5.74, 6) is 3.79. The molecule has 2 bridgehead atoms. The topological polar surface area (TPSA) is 37.8 Å². The van der Waals surface area contributed by atoms with Crippen LogP contribution in [0.3, 0.4) is 0 Å². The lowest BCUT2D eigenvalue weighted by atomic mass is 10.0. The number of halogens is 1. The third kappa shape index (κ3) is 1.13. The van der Waals surface area contributed by atoms with E-state index in [1.54, 1.807) is 0 Å². The van der Waals surface area contributed by atoms with E-state index in [2.05, 4.69) is 15.3 Å². The zero-order chi connectivity index (χ0) is 10.7. The van der Waals surface area contributed by atoms with Crippen molar-refractivity contribution < 1.29 is 4.39 Å². The second kappa shape index (κ2) is 2.93. The molecule has 4 atom stereocenters. The number of nitrogens with zero attached hydrogens (tertiary/aromatic N) is 2. The molecule has 16 heavy (non-hydrogen) atoms. The normalized spacial score (nSPS) is 43.2. The van der Waals surface area contributed by atoms with Crippen LogP contribution >= 0.6 is 0 Å². The minimum Gasteiger partial charge on any atom is -0.351 e. The van der Waals surface area contributed by atoms with E-state index in [-0.39, 0.29) is 5.82 Å². The average molecular weight is 219 g/mol. The second-order valence-electron chi connectivity index (χ2n) is 5.38. The van der Waals surface area contributed by atoms with Crippen molar-refractivity contribution in [2.24, 2.45) is 23.7 Å². The van der Waals surface area contributed by atoms with E-state index in [0.717, 1.165) is 23.7 Å². The number of hydrogen-bond acceptors (Lipinski definition) is 3. The van der Waals surface area contributed by atoms with Gasteiger partial charge >= 0.3 is 0 Å². The lowest BCUT2D eigenvalue weighted by molar-refractivity contribution is 0.456. The van der Waals surface area contributed by atoms with Gasteiger partial charge in [-0.2, -0.15) is 0 Å². The van der Waals surface area contributed by atoms with Gasteiger partial charge in [0.15, 0.2) is 5.82 Å². The summed E-state index contributed by atoms with van der Waals surface area (Å²) in [6.45, 7) is 0. The van der Waals surface area contributed by atoms with Crippen molar-refractivity contribution in [3.63, 3.8) is 0 Å². The number of anilines is 1. The Morgan fingerprint density at radius 3 is 2.38 bits per heavy atom. The molecule has 4 unspecified atom stereocenters. The molecule has 1 aromatic rings. The first-order chi connectivity index (χ1) is 7.83. The van der Waals surface area contributed by atoms with Crippen LogP contribution in [0.4, 0.5) is 10.3 Å². The zero-order valence-electron chi connectivity index (χ0n) is 8.94. The standard InChI is InChI=1S/C12H14FN3/c13-8-4-14-12(15-5-8)16-11-9-6-1-2-7(3-6)10(9)11/h4-7,9-11H,1-3H2,(H,14,15,16). The maximum atomic E-state index is 12.7. The molecule has 1 heterocycles. The number of nitrogens with one attached hydrogen (secondary N) is 1. The lowest BCUT2D eigenvalue weighted by Crippen LogP contribution is -2.14. The van der Waals surface area contributed by atoms with Gasteiger partial charge in [-0.15, -0.1) is 0 Å². The molecule has 84 valence electrons. The third-order valence-corrected chi connectivity index (χ3v) is 4.65. The highest BCUT2D eigenvalue weighted by atomic mass is 19.1. The van der Waals surface area contributed by atoms with Gasteiger partial charge < -0.3 is 5.32 Å². The summed E-state index contributed by atoms with van der Waals surface area (Å²) in [4.78, 5) is 7.92. The van der Waals surface area contributed by atoms with E-state index < -0.39 is 0 Å². The fourth-order valence-electron chi connectivity index (χ4n) is 4.05. The van der Waals surface area contributed by atoms with Crippen molar-refractivity contribution in [2.45, 2.75) is 25.3 Å². The minimum atomic E-state index is -0.374. The Morgan fingerprint density at radius 2 is 1.75 bits per heavy atom. The summed E-state index contributed by atoms with van der Waals surface area (Å²) in [5, 5.41) is 3.36. The molecule has 4 heteroatoms. The van der Waals surface area contributed by atoms with Gasteiger partial charge in [-0.05, 0) is 42.9 Å². The summed E-state index contributed by atoms with van der Waals surface area (Å²) >= 11 is 0. The smallest absolute Gasteiger partial charge is 0.223 e. The quantitative estimate of drug-likeness (QED) is 0.827. The number of rotatable bonds is 2. The Labute approximate surface area is 93.5 Å². The summed E-state index contributed by atoms with van der Waals surface area (Å²) < 4.78 is 12.7. The van der Waals surface area contributed by atoms with Gasteiger partial charge in [-0.25, -0.2) is 14.4 Å². The van der Waals surface area contributed by atoms with E-state index in [1.807, 2.05) is 0 Å². The fraction of sp³-hybridized carbons (Fsp3) is 0.667. The molecule has 0 amide bonds. The molecular formula is C12H14FN3. The Morgan fingerprint density at radius 1 is 1.12 bits per heavy atom. The van der Waals surface area contributed by atoms with Crippen molar-refractivity contribution >= 4 is 5.95 Å². The van der Waals surface area contributed by atoms with Crippen LogP contribution in [0, 0.1) is 29.5 Å². The number of fused-ring (bicyclic) bond motifs is 5. The molecule has 3 saturated carbocycles. The highest BCUT2D eigenvalue weighted by Crippen LogP contribution is 2.66. The van der Waals surface area contributed by atoms with E-state index in [1.165, 1.54) is 31.7 Å². The van der Waals surface area contributed by atoms with Gasteiger partial charge in [-0.1, -0.05) is 0 Å². The fourth-order valence-corrected chi connectivity index (χ4v) is 4.05. The zero-order valence-corrected chi connectivity index (χ0v) is 8.94. The molecule has 1 aromatic heterocycles. The van der Waals surface area contributed by atoms with Gasteiger partial charge in [0.05, 0.1) is 12.4 Å². The highest BCUT2D eigenvalue weighted by Gasteiger charge is 2.65. The largest absolute Gasteiger partial charge is 0.351 e. The van der Waals surface area contributed by atoms with Crippen LogP contribution in [0.2, 0.25) is 0 Å². The molecule has 4 rings (SSSR count). The monoisotopic (exact) mass is 219 g/mol. The van der Waals surface area contributed by atoms with E-state index in [0.29, 0.717) is 12.0 Å². The first kappa shape index (κ1) is 8.90. The van der Waals surface area contributed by atoms with Crippen molar-refractivity contribution in [3.05, 3.63) is 18.2 Å². The van der Waals surface area contributed by atoms with Crippen molar-refractivity contribution in [1.29, 1.82) is 0 Å². The van der Waals surface area contributed by atoms with E-state index in [9.17, 15) is 4.39 Å². The maximum absolute atomic E-state index is 12.7. The lowest BCUT2D eigenvalue weighted by Gasteiger charge is -2.09. The highest BCUT2D eigenvalue weighted by molar-refractivity contribution is 5.33. The molecule has 3 aliphatic carbocycles. The van der Waals surface area contributed by atoms with Gasteiger partial charge in [0.2, 0.25) is 5.95 Å². The summed E-state index contributed by atoms with van der Waals surface area (Å²) in [6, 6.07) is 0.566. The Kier molecular flexibility index (Phi) is 1.63. The van der Waals surface area contributed by atoms with Gasteiger partial charge in [0, 0.05) is 6.04 Å². The predicted molar refractivity (Wildman–Crippen MR) is 57.2 cm³/mol. The van der Waals surface area contributed by atoms with Crippen LogP contribution in [0.5, 0.6) is 0 Å². The first-order valence-electron chi connectivity index (χ1n) is 6.07. The Hall–Kier alpha value is -1.19. The molecule has 0 radical (unpaired) electrons. The third-order valence-electron chi connectivity index (χ3n) is 4.65. The van der Waals surface area contributed by atoms with Gasteiger partial charge in [-0.3, -0.25) is 0 Å². The van der Waals surface area contributed by atoms with Gasteiger partial charge in [0.1, 0.15) is 0 Å². The molecule has 0 aliphatic heterocycles. The number of hydrogen-bond donors (Lipinski definition) is 1. The van der Waals surface area contributed by atoms with Crippen molar-refractivity contribution in [3.8, 4) is 0 Å². The Balaban J connectivity index is 1.48. The van der Waals surface area contributed by atoms with E-state index >= 15 is 0 Å². The molecular weight excluding hydrogens is 205 g/mol. The van der Waals surface area contributed by atoms with Crippen LogP contribution in [0.25, 0.3) is 0 Å². The van der Waals surface area contributed by atoms with E-state index in [4.69, 9.17) is 0 Å². The molecule has 0 spiro atoms. The average Bonchev–Trinajstić information content (AvgIpc) is 2.72. The SMILES string of the molecule is Fc1cnc(NC2C3C4CCC(C4)C23)nc1. The maximum Gasteiger partial charge on any atom is 0.223 e. The molecule has 1 N–H and O–H groups in total. The van der Waals surface area contributed by atoms with Crippen LogP contribution in [-0.2, 0) is 0 Å². The summed E-state index contributed by atoms with van der Waals surface area (Å²) in [6.07, 6.45) is 6.71. The molecule has 3 nitrogen and oxygen atoms in total. The van der Waals surface area contributed by atoms with Crippen LogP contribution < -0.4 is 5.32 Å². The minimum absolute atomic E-state index is 0.374. The van der Waals surface area contributed by atoms with Crippen molar-refractivity contribution in [1.82, 2.24) is 9.97 Å². The van der Waals surface area contributed by atoms with Crippen LogP contribution in [0.15, 0.2) is 12.4 Å². The van der Waals surface area contributed by atoms with Gasteiger partial charge in [0.25, 0.3) is 0 Å². The predicted octanol–water partition coefficient (Wildman–Crippen LogP) is 2.07. The molecule has 3 aliphatic rings. The van der Waals surface area contributed by atoms with Crippen LogP contribution in [-0.4, -0.2) is 16.0 Å². The molecule has 3 fully saturated rings.